The molecule has 0 saturated heterocycles. The molecule has 1 unspecified atom stereocenters. The van der Waals surface area contributed by atoms with Crippen molar-refractivity contribution in [3.63, 3.8) is 0 Å². The minimum absolute atomic E-state index is 0.542. The van der Waals surface area contributed by atoms with Crippen LogP contribution in [0, 0.1) is 0 Å². The van der Waals surface area contributed by atoms with E-state index in [1.165, 1.54) is 12.8 Å². The molecule has 0 bridgehead atoms. The topological polar surface area (TPSA) is 35.5 Å². The summed E-state index contributed by atoms with van der Waals surface area (Å²) < 4.78 is 21.1. The number of rotatable bonds is 10. The van der Waals surface area contributed by atoms with E-state index in [4.69, 9.17) is 9.05 Å². The molecule has 4 heteroatoms. The molecule has 0 aromatic heterocycles. The van der Waals surface area contributed by atoms with Crippen LogP contribution in [-0.4, -0.2) is 13.2 Å². The Labute approximate surface area is 88.1 Å². The minimum Gasteiger partial charge on any atom is -0.119 e. The highest BCUT2D eigenvalue weighted by Crippen LogP contribution is 2.24. The molecule has 0 aliphatic carbocycles. The predicted octanol–water partition coefficient (Wildman–Crippen LogP) is 4.06. The van der Waals surface area contributed by atoms with Crippen LogP contribution in [0.2, 0.25) is 0 Å². The van der Waals surface area contributed by atoms with E-state index in [9.17, 15) is 4.57 Å². The van der Waals surface area contributed by atoms with Gasteiger partial charge in [0.15, 0.2) is 0 Å². The van der Waals surface area contributed by atoms with Gasteiger partial charge in [0.2, 0.25) is 0 Å². The summed E-state index contributed by atoms with van der Waals surface area (Å²) in [5.74, 6) is 0. The van der Waals surface area contributed by atoms with Gasteiger partial charge in [0, 0.05) is 4.57 Å². The van der Waals surface area contributed by atoms with Crippen molar-refractivity contribution in [3.8, 4) is 0 Å². The lowest BCUT2D eigenvalue weighted by Gasteiger charge is -1.93. The van der Waals surface area contributed by atoms with Gasteiger partial charge < -0.3 is 0 Å². The molecule has 0 spiro atoms. The Kier molecular flexibility index (Phi) is 11.1. The molecule has 0 amide bonds. The van der Waals surface area contributed by atoms with E-state index in [2.05, 4.69) is 13.8 Å². The van der Waals surface area contributed by atoms with Crippen LogP contribution >= 0.6 is 8.25 Å². The molecule has 0 aromatic rings. The average molecular weight is 221 g/mol. The van der Waals surface area contributed by atoms with Crippen LogP contribution in [0.25, 0.3) is 0 Å². The fourth-order valence-corrected chi connectivity index (χ4v) is 1.62. The molecule has 0 aliphatic rings. The Morgan fingerprint density at radius 3 is 2.00 bits per heavy atom. The highest BCUT2D eigenvalue weighted by molar-refractivity contribution is 7.33. The molecular weight excluding hydrogens is 199 g/mol. The summed E-state index contributed by atoms with van der Waals surface area (Å²) in [5, 5.41) is 0. The fraction of sp³-hybridized carbons (Fsp3) is 1.00. The third-order valence-corrected chi connectivity index (χ3v) is 2.68. The summed E-state index contributed by atoms with van der Waals surface area (Å²) in [6, 6.07) is 0. The number of hydrogen-bond acceptors (Lipinski definition) is 3. The second kappa shape index (κ2) is 11.1. The summed E-state index contributed by atoms with van der Waals surface area (Å²) in [7, 11) is -1.86. The maximum Gasteiger partial charge on any atom is 0.697 e. The summed E-state index contributed by atoms with van der Waals surface area (Å²) in [6.45, 7) is 5.33. The molecule has 0 heterocycles. The number of unbranched alkanes of at least 4 members (excludes halogenated alkanes) is 4. The van der Waals surface area contributed by atoms with E-state index in [0.29, 0.717) is 13.2 Å². The van der Waals surface area contributed by atoms with E-state index in [1.54, 1.807) is 0 Å². The van der Waals surface area contributed by atoms with Crippen LogP contribution in [-0.2, 0) is 13.6 Å². The Hall–Kier alpha value is 0.0200. The zero-order valence-corrected chi connectivity index (χ0v) is 10.2. The molecule has 0 fully saturated rings. The summed E-state index contributed by atoms with van der Waals surface area (Å²) in [5.41, 5.74) is 0. The first-order valence-electron chi connectivity index (χ1n) is 5.54. The van der Waals surface area contributed by atoms with Gasteiger partial charge in [0.25, 0.3) is 0 Å². The van der Waals surface area contributed by atoms with Gasteiger partial charge >= 0.3 is 8.25 Å². The van der Waals surface area contributed by atoms with Crippen molar-refractivity contribution in [3.05, 3.63) is 0 Å². The fourth-order valence-electron chi connectivity index (χ4n) is 0.989. The van der Waals surface area contributed by atoms with Gasteiger partial charge in [-0.2, -0.15) is 0 Å². The van der Waals surface area contributed by atoms with Gasteiger partial charge in [-0.15, -0.1) is 9.05 Å². The monoisotopic (exact) mass is 221 g/mol. The zero-order valence-electron chi connectivity index (χ0n) is 9.33. The van der Waals surface area contributed by atoms with Crippen molar-refractivity contribution in [2.24, 2.45) is 0 Å². The zero-order chi connectivity index (χ0) is 10.6. The van der Waals surface area contributed by atoms with Gasteiger partial charge in [-0.1, -0.05) is 39.5 Å². The molecule has 0 saturated carbocycles. The molecule has 1 atom stereocenters. The number of hydrogen-bond donors (Lipinski definition) is 0. The van der Waals surface area contributed by atoms with Crippen molar-refractivity contribution < 1.29 is 13.6 Å². The summed E-state index contributed by atoms with van der Waals surface area (Å²) >= 11 is 0. The maximum atomic E-state index is 11.1. The molecule has 0 radical (unpaired) electrons. The molecule has 0 aromatic carbocycles. The molecule has 0 N–H and O–H groups in total. The van der Waals surface area contributed by atoms with Crippen molar-refractivity contribution in [1.29, 1.82) is 0 Å². The molecule has 14 heavy (non-hydrogen) atoms. The van der Waals surface area contributed by atoms with E-state index >= 15 is 0 Å². The van der Waals surface area contributed by atoms with E-state index in [0.717, 1.165) is 25.7 Å². The second-order valence-electron chi connectivity index (χ2n) is 3.30. The van der Waals surface area contributed by atoms with Crippen molar-refractivity contribution >= 4 is 8.25 Å². The van der Waals surface area contributed by atoms with E-state index in [-0.39, 0.29) is 0 Å². The van der Waals surface area contributed by atoms with E-state index < -0.39 is 8.25 Å². The lowest BCUT2D eigenvalue weighted by Crippen LogP contribution is -1.91. The SMILES string of the molecule is CCCCCCO[P+](=O)OCCCC. The first kappa shape index (κ1) is 14.0. The standard InChI is InChI=1S/C10H22O3P/c1-3-5-7-8-10-13-14(11)12-9-6-4-2/h3-10H2,1-2H3/q+1. The average Bonchev–Trinajstić information content (AvgIpc) is 2.18. The van der Waals surface area contributed by atoms with Gasteiger partial charge in [0.05, 0.1) is 0 Å². The van der Waals surface area contributed by atoms with Crippen LogP contribution in [0.4, 0.5) is 0 Å². The highest BCUT2D eigenvalue weighted by atomic mass is 31.1. The van der Waals surface area contributed by atoms with Gasteiger partial charge in [0.1, 0.15) is 13.2 Å². The van der Waals surface area contributed by atoms with Gasteiger partial charge in [-0.3, -0.25) is 0 Å². The molecule has 3 nitrogen and oxygen atoms in total. The highest BCUT2D eigenvalue weighted by Gasteiger charge is 2.18. The molecule has 84 valence electrons. The quantitative estimate of drug-likeness (QED) is 0.412. The minimum atomic E-state index is -1.86. The first-order chi connectivity index (χ1) is 6.81. The second-order valence-corrected chi connectivity index (χ2v) is 4.27. The Morgan fingerprint density at radius 1 is 0.857 bits per heavy atom. The largest absolute Gasteiger partial charge is 0.697 e. The Balaban J connectivity index is 3.10. The van der Waals surface area contributed by atoms with Crippen LogP contribution < -0.4 is 0 Å². The lowest BCUT2D eigenvalue weighted by molar-refractivity contribution is 0.219. The van der Waals surface area contributed by atoms with Gasteiger partial charge in [-0.25, -0.2) is 0 Å². The normalized spacial score (nSPS) is 11.7. The predicted molar refractivity (Wildman–Crippen MR) is 58.6 cm³/mol. The first-order valence-corrected chi connectivity index (χ1v) is 6.63. The van der Waals surface area contributed by atoms with Gasteiger partial charge in [-0.05, 0) is 12.8 Å². The molecule has 0 rings (SSSR count). The Morgan fingerprint density at radius 2 is 1.43 bits per heavy atom. The van der Waals surface area contributed by atoms with E-state index in [1.807, 2.05) is 0 Å². The van der Waals surface area contributed by atoms with Crippen LogP contribution in [0.1, 0.15) is 52.4 Å². The molecule has 0 aliphatic heterocycles. The van der Waals surface area contributed by atoms with Crippen LogP contribution in [0.3, 0.4) is 0 Å². The van der Waals surface area contributed by atoms with Crippen molar-refractivity contribution in [2.75, 3.05) is 13.2 Å². The van der Waals surface area contributed by atoms with Crippen molar-refractivity contribution in [2.45, 2.75) is 52.4 Å². The van der Waals surface area contributed by atoms with Crippen LogP contribution in [0.5, 0.6) is 0 Å². The smallest absolute Gasteiger partial charge is 0.119 e. The third kappa shape index (κ3) is 10.1. The summed E-state index contributed by atoms with van der Waals surface area (Å²) in [4.78, 5) is 0. The lowest BCUT2D eigenvalue weighted by atomic mass is 10.2. The summed E-state index contributed by atoms with van der Waals surface area (Å²) in [6.07, 6.45) is 6.55. The van der Waals surface area contributed by atoms with Crippen molar-refractivity contribution in [1.82, 2.24) is 0 Å². The third-order valence-electron chi connectivity index (χ3n) is 1.89. The Bertz CT molecular complexity index is 139. The van der Waals surface area contributed by atoms with Crippen LogP contribution in [0.15, 0.2) is 0 Å². The maximum absolute atomic E-state index is 11.1. The molecular formula is C10H22O3P+.